The number of aliphatic imine (C=N–C) groups is 3. The number of carbonyl (C=O) groups excluding carboxylic acids is 7. The molecular weight excluding hydrogens is 1060 g/mol. The predicted molar refractivity (Wildman–Crippen MR) is 258 cm³/mol. The maximum Gasteiger partial charge on any atom is 2.00 e. The van der Waals surface area contributed by atoms with Crippen molar-refractivity contribution in [3.05, 3.63) is 39.6 Å². The van der Waals surface area contributed by atoms with E-state index in [4.69, 9.17) is 72.1 Å². The van der Waals surface area contributed by atoms with E-state index in [1.807, 2.05) is 61.5 Å². The fraction of sp³-hybridized carbons (Fsp3) is 0.692. The topological polar surface area (TPSA) is 328 Å². The number of methoxy groups -OCH3 is 7. The Balaban J connectivity index is 0.00000242. The van der Waals surface area contributed by atoms with Crippen LogP contribution in [0.5, 0.6) is 0 Å². The molecule has 1 fully saturated rings. The first-order valence-electron chi connectivity index (χ1n) is 24.5. The molecule has 0 saturated carbocycles. The average Bonchev–Trinajstić information content (AvgIpc) is 3.97. The Morgan fingerprint density at radius 1 is 0.579 bits per heavy atom. The smallest absolute Gasteiger partial charge is 0.680 e. The molecule has 1 unspecified atom stereocenters. The summed E-state index contributed by atoms with van der Waals surface area (Å²) in [6, 6.07) is -0.898. The average molecular weight is 1140 g/mol. The summed E-state index contributed by atoms with van der Waals surface area (Å²) < 4.78 is 70.7. The van der Waals surface area contributed by atoms with Gasteiger partial charge in [-0.15, -0.1) is 10.2 Å². The SMILES string of the molecule is COC(=O)CC[C@@H]1/C2=C(\C)C3=NC([C@H](CC(=O)OC)[C@@]3(C)CCC(=O)OC)[C@]3(C)[N-]/C(=C(/C)C4=N/C(=C\C(=N2)C1(C)C)[C@@H](CCC(=O)OC)[C@]4(C)CC(=O)OC)[C@@H](CCC(=O)OC)[C@]3(C)CC(=O)OC.[Co+2].[O-][Cl+3]([O-])([O-])[O-]. The van der Waals surface area contributed by atoms with Gasteiger partial charge in [-0.25, -0.2) is 18.6 Å². The van der Waals surface area contributed by atoms with Gasteiger partial charge in [0.2, 0.25) is 0 Å². The third kappa shape index (κ3) is 13.4. The molecule has 0 aliphatic carbocycles. The Bertz CT molecular complexity index is 2460. The first-order chi connectivity index (χ1) is 34.8. The second-order valence-corrected chi connectivity index (χ2v) is 21.8. The summed E-state index contributed by atoms with van der Waals surface area (Å²) >= 11 is 0. The third-order valence-electron chi connectivity index (χ3n) is 16.7. The van der Waals surface area contributed by atoms with E-state index in [1.54, 1.807) is 0 Å². The van der Waals surface area contributed by atoms with Crippen LogP contribution >= 0.6 is 0 Å². The van der Waals surface area contributed by atoms with E-state index < -0.39 is 109 Å². The van der Waals surface area contributed by atoms with Gasteiger partial charge in [-0.2, -0.15) is 5.70 Å². The standard InChI is InChI=1S/C52H73N4O14.ClHO4.Co/c1-28-43-31(17-20-37(58)65-10)48(3,4)35(54-43)25-34-30(16-19-36(57)64-9)50(6,26-41(62)69-14)46(53-34)29(2)44-32(18-21-38(59)66-11)51(7,27-42(63)70-15)52(8,56-44)47-33(24-40(61)68-13)49(5,45(28)55-47)23-22-39(60)67-12;2-1(3,4)5;/h25,30-33,47H,16-24,26-27H2,1-15H3;(H,2,3,4,5);/q-1;;+2/p-1/t30-,31-,32-,33+,47?,49-,50+,51+,52+;;/m1../s1. The van der Waals surface area contributed by atoms with Crippen molar-refractivity contribution in [3.8, 4) is 0 Å². The Labute approximate surface area is 456 Å². The van der Waals surface area contributed by atoms with Crippen molar-refractivity contribution < 1.29 is 112 Å². The second kappa shape index (κ2) is 25.6. The van der Waals surface area contributed by atoms with Crippen LogP contribution in [0.25, 0.3) is 5.32 Å². The summed E-state index contributed by atoms with van der Waals surface area (Å²) in [5.74, 6) is -5.83. The van der Waals surface area contributed by atoms with Gasteiger partial charge in [0.05, 0.1) is 69.0 Å². The van der Waals surface area contributed by atoms with Gasteiger partial charge in [0.1, 0.15) is 0 Å². The molecule has 5 rings (SSSR count). The summed E-state index contributed by atoms with van der Waals surface area (Å²) in [7, 11) is 4.23. The van der Waals surface area contributed by atoms with Gasteiger partial charge in [-0.05, 0) is 68.1 Å². The Morgan fingerprint density at radius 2 is 1.03 bits per heavy atom. The Hall–Kier alpha value is -5.04. The molecule has 5 aliphatic rings. The van der Waals surface area contributed by atoms with Crippen LogP contribution in [-0.2, 0) is 83.5 Å². The molecule has 1 saturated heterocycles. The van der Waals surface area contributed by atoms with Crippen LogP contribution in [-0.4, -0.2) is 120 Å². The summed E-state index contributed by atoms with van der Waals surface area (Å²) in [4.78, 5) is 110. The number of allylic oxidation sites excluding steroid dienone is 6. The van der Waals surface area contributed by atoms with Gasteiger partial charge >= 0.3 is 58.6 Å². The molecule has 8 bridgehead atoms. The summed E-state index contributed by atoms with van der Waals surface area (Å²) in [6.45, 7) is 15.6. The third-order valence-corrected chi connectivity index (χ3v) is 16.7. The van der Waals surface area contributed by atoms with E-state index in [0.717, 1.165) is 0 Å². The number of ether oxygens (including phenoxy) is 7. The Kier molecular flexibility index (Phi) is 22.0. The van der Waals surface area contributed by atoms with Crippen LogP contribution in [0, 0.1) is 55.6 Å². The molecule has 0 amide bonds. The number of hydrogen-bond acceptors (Lipinski definition) is 21. The minimum Gasteiger partial charge on any atom is -0.680 e. The zero-order chi connectivity index (χ0) is 56.8. The van der Waals surface area contributed by atoms with Gasteiger partial charge in [-0.1, -0.05) is 47.1 Å². The number of halogens is 1. The van der Waals surface area contributed by atoms with Crippen LogP contribution in [0.4, 0.5) is 0 Å². The summed E-state index contributed by atoms with van der Waals surface area (Å²) in [6.07, 6.45) is 2.21. The molecule has 22 nitrogen and oxygen atoms in total. The van der Waals surface area contributed by atoms with Crippen molar-refractivity contribution in [2.24, 2.45) is 60.3 Å². The zero-order valence-electron chi connectivity index (χ0n) is 46.1. The molecule has 0 aromatic carbocycles. The van der Waals surface area contributed by atoms with Gasteiger partial charge in [0, 0.05) is 94.3 Å². The van der Waals surface area contributed by atoms with Crippen molar-refractivity contribution in [1.29, 1.82) is 0 Å². The molecular formula is C52H73ClCoN4O18. The minimum atomic E-state index is -4.94. The molecule has 0 aromatic rings. The van der Waals surface area contributed by atoms with Crippen molar-refractivity contribution in [3.63, 3.8) is 0 Å². The molecule has 76 heavy (non-hydrogen) atoms. The van der Waals surface area contributed by atoms with Gasteiger partial charge in [0.15, 0.2) is 0 Å². The van der Waals surface area contributed by atoms with E-state index in [9.17, 15) is 33.6 Å². The molecule has 425 valence electrons. The fourth-order valence-corrected chi connectivity index (χ4v) is 12.2. The van der Waals surface area contributed by atoms with E-state index in [2.05, 4.69) is 0 Å². The van der Waals surface area contributed by atoms with Crippen LogP contribution < -0.4 is 18.6 Å². The number of nitrogens with zero attached hydrogens (tertiary/aromatic N) is 4. The van der Waals surface area contributed by atoms with Crippen LogP contribution in [0.2, 0.25) is 0 Å². The van der Waals surface area contributed by atoms with Crippen molar-refractivity contribution in [2.75, 3.05) is 49.8 Å². The molecule has 5 aliphatic heterocycles. The maximum atomic E-state index is 14.0. The van der Waals surface area contributed by atoms with Gasteiger partial charge in [0.25, 0.3) is 0 Å². The van der Waals surface area contributed by atoms with Gasteiger partial charge in [-0.3, -0.25) is 48.5 Å². The van der Waals surface area contributed by atoms with Crippen LogP contribution in [0.1, 0.15) is 126 Å². The monoisotopic (exact) mass is 1140 g/mol. The molecule has 0 aromatic heterocycles. The molecule has 9 atom stereocenters. The number of carbonyl (C=O) groups is 7. The number of esters is 7. The molecule has 0 spiro atoms. The summed E-state index contributed by atoms with van der Waals surface area (Å²) in [5.41, 5.74) is -0.993. The summed E-state index contributed by atoms with van der Waals surface area (Å²) in [5, 5.41) is 5.72. The van der Waals surface area contributed by atoms with Crippen LogP contribution in [0.3, 0.4) is 0 Å². The maximum absolute atomic E-state index is 14.0. The first kappa shape index (κ1) is 65.2. The zero-order valence-corrected chi connectivity index (χ0v) is 47.9. The van der Waals surface area contributed by atoms with E-state index in [1.165, 1.54) is 49.8 Å². The van der Waals surface area contributed by atoms with Crippen molar-refractivity contribution in [2.45, 2.75) is 138 Å². The predicted octanol–water partition coefficient (Wildman–Crippen LogP) is 2.56. The fourth-order valence-electron chi connectivity index (χ4n) is 12.2. The van der Waals surface area contributed by atoms with Crippen molar-refractivity contribution >= 4 is 58.9 Å². The number of rotatable bonds is 18. The van der Waals surface area contributed by atoms with E-state index in [-0.39, 0.29) is 81.0 Å². The molecule has 24 heteroatoms. The van der Waals surface area contributed by atoms with Crippen molar-refractivity contribution in [1.82, 2.24) is 0 Å². The molecule has 0 N–H and O–H groups in total. The number of hydrogen-bond donors (Lipinski definition) is 0. The van der Waals surface area contributed by atoms with E-state index >= 15 is 0 Å². The normalized spacial score (nSPS) is 31.6. The molecule has 5 heterocycles. The molecule has 1 radical (unpaired) electrons. The first-order valence-corrected chi connectivity index (χ1v) is 25.8. The second-order valence-electron chi connectivity index (χ2n) is 21.1. The largest absolute Gasteiger partial charge is 2.00 e. The minimum absolute atomic E-state index is 0. The van der Waals surface area contributed by atoms with Gasteiger partial charge < -0.3 is 38.5 Å². The van der Waals surface area contributed by atoms with E-state index in [0.29, 0.717) is 51.8 Å². The van der Waals surface area contributed by atoms with Crippen LogP contribution in [0.15, 0.2) is 49.3 Å². The number of fused-ring (bicyclic) bond motifs is 6. The quantitative estimate of drug-likeness (QED) is 0.141. The Morgan fingerprint density at radius 3 is 1.51 bits per heavy atom.